The fourth-order valence-corrected chi connectivity index (χ4v) is 4.69. The minimum atomic E-state index is -5.08. The maximum absolute atomic E-state index is 13.1. The molecule has 2 unspecified atom stereocenters. The molecule has 1 aromatic heterocycles. The van der Waals surface area contributed by atoms with Crippen molar-refractivity contribution in [3.63, 3.8) is 0 Å². The Morgan fingerprint density at radius 2 is 1.69 bits per heavy atom. The lowest BCUT2D eigenvalue weighted by Crippen LogP contribution is -2.28. The first-order valence-corrected chi connectivity index (χ1v) is 11.1. The molecule has 2 aliphatic rings. The number of ether oxygens (including phenoxy) is 1. The summed E-state index contributed by atoms with van der Waals surface area (Å²) in [6.45, 7) is 4.08. The van der Waals surface area contributed by atoms with Crippen molar-refractivity contribution in [2.45, 2.75) is 25.7 Å². The summed E-state index contributed by atoms with van der Waals surface area (Å²) in [4.78, 5) is 16.1. The van der Waals surface area contributed by atoms with Crippen LogP contribution < -0.4 is 4.74 Å². The van der Waals surface area contributed by atoms with Crippen LogP contribution in [0.25, 0.3) is 11.3 Å². The van der Waals surface area contributed by atoms with Crippen LogP contribution in [0, 0.1) is 17.7 Å². The molecule has 10 heteroatoms. The molecular formula is C25H25F4N3O3. The molecule has 0 spiro atoms. The summed E-state index contributed by atoms with van der Waals surface area (Å²) < 4.78 is 52.6. The zero-order valence-corrected chi connectivity index (χ0v) is 19.0. The van der Waals surface area contributed by atoms with Crippen LogP contribution in [0.5, 0.6) is 5.75 Å². The molecular weight excluding hydrogens is 466 g/mol. The van der Waals surface area contributed by atoms with Gasteiger partial charge in [-0.15, -0.1) is 0 Å². The number of carboxylic acids is 1. The van der Waals surface area contributed by atoms with E-state index in [9.17, 15) is 17.6 Å². The van der Waals surface area contributed by atoms with Crippen LogP contribution in [-0.2, 0) is 24.3 Å². The topological polar surface area (TPSA) is 67.6 Å². The van der Waals surface area contributed by atoms with Crippen molar-refractivity contribution in [2.24, 2.45) is 11.8 Å². The Labute approximate surface area is 199 Å². The van der Waals surface area contributed by atoms with Crippen molar-refractivity contribution < 1.29 is 32.2 Å². The average Bonchev–Trinajstić information content (AvgIpc) is 3.41. The van der Waals surface area contributed by atoms with Crippen molar-refractivity contribution >= 4 is 5.97 Å². The highest BCUT2D eigenvalue weighted by Gasteiger charge is 2.39. The minimum absolute atomic E-state index is 0.171. The van der Waals surface area contributed by atoms with Gasteiger partial charge >= 0.3 is 12.1 Å². The number of methoxy groups -OCH3 is 1. The molecule has 1 saturated heterocycles. The van der Waals surface area contributed by atoms with E-state index in [0.717, 1.165) is 38.3 Å². The third-order valence-electron chi connectivity index (χ3n) is 6.40. The Morgan fingerprint density at radius 3 is 2.29 bits per heavy atom. The van der Waals surface area contributed by atoms with Crippen LogP contribution >= 0.6 is 0 Å². The number of likely N-dealkylation sites (tertiary alicyclic amines) is 1. The second kappa shape index (κ2) is 10.1. The number of carbonyl (C=O) groups is 1. The minimum Gasteiger partial charge on any atom is -0.497 e. The lowest BCUT2D eigenvalue weighted by Gasteiger charge is -2.27. The summed E-state index contributed by atoms with van der Waals surface area (Å²) in [6.07, 6.45) is -2.05. The first-order valence-electron chi connectivity index (χ1n) is 11.1. The van der Waals surface area contributed by atoms with Crippen LogP contribution in [0.4, 0.5) is 17.6 Å². The maximum atomic E-state index is 13.1. The van der Waals surface area contributed by atoms with E-state index < -0.39 is 12.1 Å². The van der Waals surface area contributed by atoms with Crippen LogP contribution in [0.2, 0.25) is 0 Å². The lowest BCUT2D eigenvalue weighted by atomic mass is 9.89. The van der Waals surface area contributed by atoms with Crippen LogP contribution in [0.3, 0.4) is 0 Å². The standard InChI is InChI=1S/C23H24FN3O.C2HF3O2/c1-28-21-8-4-17(5-9-21)22-11-25-23-10-18-13-26(14-19(18)15-27(22)23)12-16-2-6-20(24)7-3-16;3-2(4,5)1(6)7/h2-9,11,18-19H,10,12-15H2,1H3;(H,6,7). The highest BCUT2D eigenvalue weighted by molar-refractivity contribution is 5.73. The van der Waals surface area contributed by atoms with Gasteiger partial charge in [-0.05, 0) is 53.8 Å². The third-order valence-corrected chi connectivity index (χ3v) is 6.40. The van der Waals surface area contributed by atoms with Crippen LogP contribution in [-0.4, -0.2) is 51.9 Å². The Balaban J connectivity index is 0.000000364. The monoisotopic (exact) mass is 491 g/mol. The molecule has 186 valence electrons. The maximum Gasteiger partial charge on any atom is 0.490 e. The number of fused-ring (bicyclic) bond motifs is 2. The van der Waals surface area contributed by atoms with E-state index in [0.29, 0.717) is 11.8 Å². The molecule has 1 N–H and O–H groups in total. The second-order valence-corrected chi connectivity index (χ2v) is 8.75. The summed E-state index contributed by atoms with van der Waals surface area (Å²) in [5.74, 6) is 0.422. The van der Waals surface area contributed by atoms with Gasteiger partial charge in [-0.2, -0.15) is 13.2 Å². The zero-order valence-electron chi connectivity index (χ0n) is 19.0. The van der Waals surface area contributed by atoms with Gasteiger partial charge in [-0.25, -0.2) is 14.2 Å². The lowest BCUT2D eigenvalue weighted by molar-refractivity contribution is -0.192. The predicted octanol–water partition coefficient (Wildman–Crippen LogP) is 4.64. The van der Waals surface area contributed by atoms with E-state index in [2.05, 4.69) is 21.6 Å². The highest BCUT2D eigenvalue weighted by Crippen LogP contribution is 2.36. The number of aliphatic carboxylic acids is 1. The Bertz CT molecular complexity index is 1160. The quantitative estimate of drug-likeness (QED) is 0.539. The number of rotatable bonds is 4. The average molecular weight is 491 g/mol. The van der Waals surface area contributed by atoms with Gasteiger partial charge in [0.25, 0.3) is 0 Å². The number of imidazole rings is 1. The number of aromatic nitrogens is 2. The zero-order chi connectivity index (χ0) is 25.2. The van der Waals surface area contributed by atoms with Gasteiger partial charge in [0.2, 0.25) is 0 Å². The summed E-state index contributed by atoms with van der Waals surface area (Å²) in [6, 6.07) is 15.1. The number of halogens is 4. The highest BCUT2D eigenvalue weighted by atomic mass is 19.4. The van der Waals surface area contributed by atoms with Gasteiger partial charge in [0, 0.05) is 38.2 Å². The molecule has 0 bridgehead atoms. The number of hydrogen-bond acceptors (Lipinski definition) is 4. The van der Waals surface area contributed by atoms with Crippen LogP contribution in [0.15, 0.2) is 54.7 Å². The first kappa shape index (κ1) is 24.7. The number of benzene rings is 2. The molecule has 3 aromatic rings. The molecule has 2 aromatic carbocycles. The summed E-state index contributed by atoms with van der Waals surface area (Å²) >= 11 is 0. The summed E-state index contributed by atoms with van der Waals surface area (Å²) in [5.41, 5.74) is 3.55. The molecule has 0 saturated carbocycles. The van der Waals surface area contributed by atoms with E-state index in [4.69, 9.17) is 19.6 Å². The Morgan fingerprint density at radius 1 is 1.06 bits per heavy atom. The molecule has 2 aliphatic heterocycles. The van der Waals surface area contributed by atoms with E-state index in [-0.39, 0.29) is 5.82 Å². The smallest absolute Gasteiger partial charge is 0.490 e. The van der Waals surface area contributed by atoms with E-state index in [1.807, 2.05) is 30.5 Å². The normalized spacial score (nSPS) is 19.3. The van der Waals surface area contributed by atoms with E-state index in [1.54, 1.807) is 19.2 Å². The molecule has 0 radical (unpaired) electrons. The first-order chi connectivity index (χ1) is 16.6. The number of hydrogen-bond donors (Lipinski definition) is 1. The van der Waals surface area contributed by atoms with Crippen molar-refractivity contribution in [3.05, 3.63) is 71.9 Å². The van der Waals surface area contributed by atoms with Crippen LogP contribution in [0.1, 0.15) is 11.4 Å². The van der Waals surface area contributed by atoms with Crippen molar-refractivity contribution in [1.29, 1.82) is 0 Å². The van der Waals surface area contributed by atoms with Gasteiger partial charge in [-0.3, -0.25) is 4.90 Å². The molecule has 3 heterocycles. The molecule has 6 nitrogen and oxygen atoms in total. The van der Waals surface area contributed by atoms with Gasteiger partial charge in [0.15, 0.2) is 0 Å². The van der Waals surface area contributed by atoms with Gasteiger partial charge < -0.3 is 14.4 Å². The molecule has 1 fully saturated rings. The van der Waals surface area contributed by atoms with E-state index in [1.165, 1.54) is 22.6 Å². The Hall–Kier alpha value is -3.40. The second-order valence-electron chi connectivity index (χ2n) is 8.75. The molecule has 0 amide bonds. The summed E-state index contributed by atoms with van der Waals surface area (Å²) in [7, 11) is 1.69. The van der Waals surface area contributed by atoms with Crippen molar-refractivity contribution in [2.75, 3.05) is 20.2 Å². The number of alkyl halides is 3. The van der Waals surface area contributed by atoms with Gasteiger partial charge in [-0.1, -0.05) is 12.1 Å². The van der Waals surface area contributed by atoms with Gasteiger partial charge in [0.1, 0.15) is 17.4 Å². The summed E-state index contributed by atoms with van der Waals surface area (Å²) in [5, 5.41) is 7.12. The Kier molecular flexibility index (Phi) is 7.11. The fourth-order valence-electron chi connectivity index (χ4n) is 4.69. The van der Waals surface area contributed by atoms with Crippen molar-refractivity contribution in [1.82, 2.24) is 14.5 Å². The SMILES string of the molecule is COc1ccc(-c2cnc3n2CC2CN(Cc4ccc(F)cc4)CC2C3)cc1.O=C(O)C(F)(F)F. The molecule has 35 heavy (non-hydrogen) atoms. The number of nitrogens with zero attached hydrogens (tertiary/aromatic N) is 3. The fraction of sp³-hybridized carbons (Fsp3) is 0.360. The van der Waals surface area contributed by atoms with Gasteiger partial charge in [0.05, 0.1) is 19.0 Å². The molecule has 0 aliphatic carbocycles. The number of carboxylic acid groups (broad SMARTS) is 1. The van der Waals surface area contributed by atoms with E-state index >= 15 is 0 Å². The largest absolute Gasteiger partial charge is 0.497 e. The molecule has 2 atom stereocenters. The van der Waals surface area contributed by atoms with Crippen molar-refractivity contribution in [3.8, 4) is 17.0 Å². The molecule has 5 rings (SSSR count). The predicted molar refractivity (Wildman–Crippen MR) is 120 cm³/mol. The third kappa shape index (κ3) is 5.82.